The summed E-state index contributed by atoms with van der Waals surface area (Å²) >= 11 is 0. The number of sulfone groups is 1. The fraction of sp³-hybridized carbons (Fsp3) is 1.00. The maximum atomic E-state index is 11.1. The molecule has 0 aliphatic carbocycles. The van der Waals surface area contributed by atoms with E-state index in [9.17, 15) is 8.42 Å². The summed E-state index contributed by atoms with van der Waals surface area (Å²) in [5.74, 6) is 0.313. The summed E-state index contributed by atoms with van der Waals surface area (Å²) in [6.45, 7) is 9.87. The second-order valence-corrected chi connectivity index (χ2v) is 8.22. The number of hydrogen-bond donors (Lipinski definition) is 1. The summed E-state index contributed by atoms with van der Waals surface area (Å²) in [4.78, 5) is 0. The Hall–Kier alpha value is -0.0900. The lowest BCUT2D eigenvalue weighted by Gasteiger charge is -2.28. The maximum Gasteiger partial charge on any atom is 0.147 e. The Morgan fingerprint density at radius 2 is 1.88 bits per heavy atom. The van der Waals surface area contributed by atoms with Crippen molar-refractivity contribution in [2.45, 2.75) is 59.4 Å². The lowest BCUT2D eigenvalue weighted by molar-refractivity contribution is 0.266. The molecule has 0 rings (SSSR count). The van der Waals surface area contributed by atoms with E-state index < -0.39 is 9.84 Å². The van der Waals surface area contributed by atoms with E-state index in [1.54, 1.807) is 0 Å². The predicted octanol–water partition coefficient (Wildman–Crippen LogP) is 2.62. The van der Waals surface area contributed by atoms with Gasteiger partial charge in [0.15, 0.2) is 0 Å². The molecule has 0 aliphatic rings. The van der Waals surface area contributed by atoms with Gasteiger partial charge in [-0.05, 0) is 44.6 Å². The molecular weight excluding hydrogens is 234 g/mol. The van der Waals surface area contributed by atoms with Crippen molar-refractivity contribution in [3.63, 3.8) is 0 Å². The Bertz CT molecular complexity index is 297. The zero-order valence-electron chi connectivity index (χ0n) is 12.0. The van der Waals surface area contributed by atoms with Crippen LogP contribution in [0, 0.1) is 5.41 Å². The van der Waals surface area contributed by atoms with Crippen LogP contribution in [0.2, 0.25) is 0 Å². The topological polar surface area (TPSA) is 46.2 Å². The first-order chi connectivity index (χ1) is 7.66. The van der Waals surface area contributed by atoms with Crippen LogP contribution in [0.5, 0.6) is 0 Å². The lowest BCUT2D eigenvalue weighted by atomic mass is 9.82. The zero-order valence-corrected chi connectivity index (χ0v) is 12.9. The average molecular weight is 263 g/mol. The summed E-state index contributed by atoms with van der Waals surface area (Å²) in [6, 6.07) is 0.503. The normalized spacial score (nSPS) is 14.9. The summed E-state index contributed by atoms with van der Waals surface area (Å²) in [6.07, 6.45) is 5.30. The molecule has 1 atom stereocenters. The van der Waals surface area contributed by atoms with Crippen molar-refractivity contribution in [1.29, 1.82) is 0 Å². The van der Waals surface area contributed by atoms with Gasteiger partial charge in [0.05, 0.1) is 0 Å². The molecule has 0 bridgehead atoms. The Balaban J connectivity index is 3.94. The third-order valence-corrected chi connectivity index (χ3v) is 4.00. The van der Waals surface area contributed by atoms with Crippen LogP contribution in [0.3, 0.4) is 0 Å². The summed E-state index contributed by atoms with van der Waals surface area (Å²) < 4.78 is 22.1. The molecule has 0 aliphatic heterocycles. The summed E-state index contributed by atoms with van der Waals surface area (Å²) in [7, 11) is -2.80. The van der Waals surface area contributed by atoms with E-state index in [1.807, 2.05) is 0 Å². The summed E-state index contributed by atoms with van der Waals surface area (Å²) in [5.41, 5.74) is 0.213. The molecule has 1 unspecified atom stereocenters. The van der Waals surface area contributed by atoms with Crippen molar-refractivity contribution in [3.8, 4) is 0 Å². The van der Waals surface area contributed by atoms with Gasteiger partial charge in [0.2, 0.25) is 0 Å². The molecule has 0 amide bonds. The van der Waals surface area contributed by atoms with Crippen LogP contribution < -0.4 is 5.32 Å². The molecule has 0 spiro atoms. The molecule has 0 radical (unpaired) electrons. The van der Waals surface area contributed by atoms with Gasteiger partial charge in [-0.15, -0.1) is 0 Å². The molecule has 0 fully saturated rings. The smallest absolute Gasteiger partial charge is 0.147 e. The van der Waals surface area contributed by atoms with Crippen molar-refractivity contribution in [3.05, 3.63) is 0 Å². The van der Waals surface area contributed by atoms with Crippen LogP contribution in [0.15, 0.2) is 0 Å². The van der Waals surface area contributed by atoms with Crippen molar-refractivity contribution in [1.82, 2.24) is 5.32 Å². The van der Waals surface area contributed by atoms with Gasteiger partial charge in [0.25, 0.3) is 0 Å². The van der Waals surface area contributed by atoms with E-state index in [4.69, 9.17) is 0 Å². The minimum absolute atomic E-state index is 0.213. The standard InChI is InChI=1S/C13H29NO2S/c1-6-9-14-12(2)11-13(3,4)8-7-10-17(5,15)16/h12,14H,6-11H2,1-5H3. The maximum absolute atomic E-state index is 11.1. The first kappa shape index (κ1) is 16.9. The van der Waals surface area contributed by atoms with Crippen LogP contribution >= 0.6 is 0 Å². The monoisotopic (exact) mass is 263 g/mol. The minimum Gasteiger partial charge on any atom is -0.314 e. The van der Waals surface area contributed by atoms with Gasteiger partial charge in [-0.1, -0.05) is 20.8 Å². The van der Waals surface area contributed by atoms with Gasteiger partial charge in [-0.2, -0.15) is 0 Å². The molecule has 0 heterocycles. The van der Waals surface area contributed by atoms with Crippen molar-refractivity contribution >= 4 is 9.84 Å². The minimum atomic E-state index is -2.80. The molecule has 0 saturated heterocycles. The molecule has 4 heteroatoms. The van der Waals surface area contributed by atoms with E-state index in [2.05, 4.69) is 33.0 Å². The van der Waals surface area contributed by atoms with Crippen LogP contribution in [0.25, 0.3) is 0 Å². The molecular formula is C13H29NO2S. The van der Waals surface area contributed by atoms with E-state index in [0.717, 1.165) is 32.2 Å². The molecule has 0 aromatic heterocycles. The van der Waals surface area contributed by atoms with Gasteiger partial charge in [0, 0.05) is 18.1 Å². The third-order valence-electron chi connectivity index (χ3n) is 2.97. The predicted molar refractivity (Wildman–Crippen MR) is 75.1 cm³/mol. The highest BCUT2D eigenvalue weighted by atomic mass is 32.2. The molecule has 17 heavy (non-hydrogen) atoms. The third kappa shape index (κ3) is 10.8. The molecule has 0 aromatic carbocycles. The summed E-state index contributed by atoms with van der Waals surface area (Å²) in [5, 5.41) is 3.48. The highest BCUT2D eigenvalue weighted by molar-refractivity contribution is 7.90. The Labute approximate surface area is 107 Å². The van der Waals surface area contributed by atoms with Gasteiger partial charge >= 0.3 is 0 Å². The Kier molecular flexibility index (Phi) is 7.33. The fourth-order valence-corrected chi connectivity index (χ4v) is 2.88. The highest BCUT2D eigenvalue weighted by Crippen LogP contribution is 2.28. The number of hydrogen-bond acceptors (Lipinski definition) is 3. The molecule has 0 aromatic rings. The lowest BCUT2D eigenvalue weighted by Crippen LogP contribution is -2.32. The van der Waals surface area contributed by atoms with E-state index in [0.29, 0.717) is 11.8 Å². The number of nitrogens with one attached hydrogen (secondary N) is 1. The Morgan fingerprint density at radius 3 is 2.35 bits per heavy atom. The van der Waals surface area contributed by atoms with Gasteiger partial charge in [-0.3, -0.25) is 0 Å². The largest absolute Gasteiger partial charge is 0.314 e. The SMILES string of the molecule is CCCNC(C)CC(C)(C)CCCS(C)(=O)=O. The van der Waals surface area contributed by atoms with Crippen molar-refractivity contribution in [2.24, 2.45) is 5.41 Å². The van der Waals surface area contributed by atoms with Crippen molar-refractivity contribution < 1.29 is 8.42 Å². The van der Waals surface area contributed by atoms with E-state index in [1.165, 1.54) is 6.26 Å². The molecule has 3 nitrogen and oxygen atoms in total. The first-order valence-electron chi connectivity index (χ1n) is 6.57. The number of rotatable bonds is 9. The Morgan fingerprint density at radius 1 is 1.29 bits per heavy atom. The average Bonchev–Trinajstić information content (AvgIpc) is 2.11. The second kappa shape index (κ2) is 7.37. The van der Waals surface area contributed by atoms with Gasteiger partial charge in [-0.25, -0.2) is 8.42 Å². The van der Waals surface area contributed by atoms with Crippen LogP contribution in [-0.4, -0.2) is 33.0 Å². The quantitative estimate of drug-likeness (QED) is 0.695. The van der Waals surface area contributed by atoms with Crippen LogP contribution in [-0.2, 0) is 9.84 Å². The zero-order chi connectivity index (χ0) is 13.5. The fourth-order valence-electron chi connectivity index (χ4n) is 2.21. The second-order valence-electron chi connectivity index (χ2n) is 5.96. The molecule has 0 saturated carbocycles. The van der Waals surface area contributed by atoms with Crippen molar-refractivity contribution in [2.75, 3.05) is 18.6 Å². The van der Waals surface area contributed by atoms with Gasteiger partial charge in [0.1, 0.15) is 9.84 Å². The van der Waals surface area contributed by atoms with Crippen LogP contribution in [0.4, 0.5) is 0 Å². The van der Waals surface area contributed by atoms with E-state index >= 15 is 0 Å². The highest BCUT2D eigenvalue weighted by Gasteiger charge is 2.21. The molecule has 1 N–H and O–H groups in total. The van der Waals surface area contributed by atoms with E-state index in [-0.39, 0.29) is 5.41 Å². The van der Waals surface area contributed by atoms with Crippen LogP contribution in [0.1, 0.15) is 53.4 Å². The van der Waals surface area contributed by atoms with Gasteiger partial charge < -0.3 is 5.32 Å². The molecule has 104 valence electrons. The first-order valence-corrected chi connectivity index (χ1v) is 8.63.